The Morgan fingerprint density at radius 1 is 0.339 bits per heavy atom. The van der Waals surface area contributed by atoms with Gasteiger partial charge in [0.05, 0.1) is 5.69 Å². The van der Waals surface area contributed by atoms with E-state index in [1.54, 1.807) is 0 Å². The molecule has 4 heteroatoms. The number of rotatable bonds is 5. The zero-order valence-electron chi connectivity index (χ0n) is 38.9. The third-order valence-corrected chi connectivity index (χ3v) is 13.0. The van der Waals surface area contributed by atoms with Crippen LogP contribution in [0, 0.1) is 0 Å². The van der Waals surface area contributed by atoms with Crippen LogP contribution >= 0.6 is 0 Å². The molecule has 2 aliphatic heterocycles. The molecule has 0 unspecified atom stereocenters. The van der Waals surface area contributed by atoms with E-state index in [-0.39, 0.29) is 28.4 Å². The van der Waals surface area contributed by atoms with Gasteiger partial charge in [-0.3, -0.25) is 0 Å². The van der Waals surface area contributed by atoms with Gasteiger partial charge in [0.1, 0.15) is 0 Å². The minimum atomic E-state index is -0.0420. The Morgan fingerprint density at radius 2 is 0.710 bits per heavy atom. The topological polar surface area (TPSA) is 9.72 Å². The maximum absolute atomic E-state index is 2.59. The van der Waals surface area contributed by atoms with E-state index in [0.29, 0.717) is 0 Å². The molecule has 0 saturated carbocycles. The zero-order chi connectivity index (χ0) is 43.9. The highest BCUT2D eigenvalue weighted by Gasteiger charge is 2.45. The fraction of sp³-hybridized carbons (Fsp3) is 0.276. The van der Waals surface area contributed by atoms with Crippen LogP contribution in [0.25, 0.3) is 0 Å². The van der Waals surface area contributed by atoms with Crippen LogP contribution in [0.2, 0.25) is 0 Å². The first-order valence-corrected chi connectivity index (χ1v) is 22.5. The smallest absolute Gasteiger partial charge is 0.252 e. The normalized spacial score (nSPS) is 13.7. The first-order chi connectivity index (χ1) is 29.3. The minimum absolute atomic E-state index is 0.00749. The highest BCUT2D eigenvalue weighted by atomic mass is 15.2. The lowest BCUT2D eigenvalue weighted by Crippen LogP contribution is -2.61. The van der Waals surface area contributed by atoms with Crippen LogP contribution in [0.15, 0.2) is 158 Å². The predicted octanol–water partition coefficient (Wildman–Crippen LogP) is 14.4. The first kappa shape index (κ1) is 41.4. The van der Waals surface area contributed by atoms with Crippen LogP contribution in [0.3, 0.4) is 0 Å². The largest absolute Gasteiger partial charge is 0.311 e. The molecule has 9 rings (SSSR count). The summed E-state index contributed by atoms with van der Waals surface area (Å²) in [7, 11) is 0. The zero-order valence-corrected chi connectivity index (χ0v) is 38.9. The van der Waals surface area contributed by atoms with Crippen molar-refractivity contribution in [2.75, 3.05) is 14.7 Å². The molecule has 0 atom stereocenters. The first-order valence-electron chi connectivity index (χ1n) is 22.5. The van der Waals surface area contributed by atoms with E-state index in [1.165, 1.54) is 72.8 Å². The van der Waals surface area contributed by atoms with Gasteiger partial charge in [0.2, 0.25) is 0 Å². The molecule has 0 fully saturated rings. The monoisotopic (exact) mass is 812 g/mol. The Labute approximate surface area is 372 Å². The molecule has 0 spiro atoms. The molecular weight excluding hydrogens is 749 g/mol. The molecular formula is C58H62BN3. The van der Waals surface area contributed by atoms with Crippen molar-refractivity contribution >= 4 is 74.3 Å². The molecule has 62 heavy (non-hydrogen) atoms. The maximum Gasteiger partial charge on any atom is 0.252 e. The molecule has 7 aromatic carbocycles. The second kappa shape index (κ2) is 14.8. The molecule has 0 saturated heterocycles. The summed E-state index contributed by atoms with van der Waals surface area (Å²) < 4.78 is 0. The lowest BCUT2D eigenvalue weighted by atomic mass is 9.33. The second-order valence-corrected chi connectivity index (χ2v) is 21.7. The number of hydrogen-bond donors (Lipinski definition) is 0. The van der Waals surface area contributed by atoms with Gasteiger partial charge in [-0.2, -0.15) is 0 Å². The average molecular weight is 812 g/mol. The van der Waals surface area contributed by atoms with E-state index in [2.05, 4.69) is 256 Å². The number of anilines is 9. The molecule has 7 aromatic rings. The van der Waals surface area contributed by atoms with Gasteiger partial charge in [-0.05, 0) is 133 Å². The second-order valence-electron chi connectivity index (χ2n) is 21.7. The van der Waals surface area contributed by atoms with Crippen molar-refractivity contribution in [2.45, 2.75) is 105 Å². The summed E-state index contributed by atoms with van der Waals surface area (Å²) in [5.74, 6) is 0. The van der Waals surface area contributed by atoms with E-state index in [0.717, 1.165) is 17.1 Å². The van der Waals surface area contributed by atoms with E-state index < -0.39 is 0 Å². The number of nitrogens with zero attached hydrogens (tertiary/aromatic N) is 3. The summed E-state index contributed by atoms with van der Waals surface area (Å²) in [5.41, 5.74) is 19.7. The molecule has 0 radical (unpaired) electrons. The summed E-state index contributed by atoms with van der Waals surface area (Å²) in [4.78, 5) is 7.61. The quantitative estimate of drug-likeness (QED) is 0.160. The van der Waals surface area contributed by atoms with Gasteiger partial charge in [0.25, 0.3) is 6.71 Å². The van der Waals surface area contributed by atoms with Gasteiger partial charge in [0.15, 0.2) is 0 Å². The molecule has 0 N–H and O–H groups in total. The van der Waals surface area contributed by atoms with E-state index >= 15 is 0 Å². The molecule has 3 nitrogen and oxygen atoms in total. The SMILES string of the molecule is CC(C)(C)c1cccc(N2c3cc(C(C)(C)C)ccc3B3c4ccc(C(C)(C)C)cc4N(c4cccc(C(C)(C)C)c4)c4cc(N(c5ccccc5)c5ccccc5)cc2c43)c1. The minimum Gasteiger partial charge on any atom is -0.311 e. The van der Waals surface area contributed by atoms with Gasteiger partial charge in [-0.15, -0.1) is 0 Å². The van der Waals surface area contributed by atoms with Crippen LogP contribution in [0.5, 0.6) is 0 Å². The Balaban J connectivity index is 1.46. The highest BCUT2D eigenvalue weighted by Crippen LogP contribution is 2.49. The Morgan fingerprint density at radius 3 is 1.08 bits per heavy atom. The van der Waals surface area contributed by atoms with Gasteiger partial charge in [-0.1, -0.05) is 168 Å². The third-order valence-electron chi connectivity index (χ3n) is 13.0. The Kier molecular flexibility index (Phi) is 9.89. The van der Waals surface area contributed by atoms with Crippen LogP contribution in [0.1, 0.15) is 105 Å². The number of fused-ring (bicyclic) bond motifs is 4. The standard InChI is InChI=1S/C58H62BN3/c1-55(2,3)39-21-19-27-45(33-39)61-50-35-41(57(7,8)9)29-31-48(50)59-49-32-30-42(58(10,11)12)36-51(49)62(46-28-20-22-40(34-46)56(4,5)6)53-38-47(37-52(61)54(53)59)60(43-23-15-13-16-24-43)44-25-17-14-18-26-44/h13-38H,1-12H3. The van der Waals surface area contributed by atoms with Crippen molar-refractivity contribution in [1.82, 2.24) is 0 Å². The summed E-state index contributed by atoms with van der Waals surface area (Å²) in [6, 6.07) is 59.8. The highest BCUT2D eigenvalue weighted by molar-refractivity contribution is 7.00. The molecule has 0 amide bonds. The number of para-hydroxylation sites is 2. The summed E-state index contributed by atoms with van der Waals surface area (Å²) in [5, 5.41) is 0. The van der Waals surface area contributed by atoms with Crippen molar-refractivity contribution in [1.29, 1.82) is 0 Å². The van der Waals surface area contributed by atoms with Crippen LogP contribution in [-0.2, 0) is 21.7 Å². The Hall–Kier alpha value is -6.00. The molecule has 2 heterocycles. The van der Waals surface area contributed by atoms with Crippen molar-refractivity contribution in [3.8, 4) is 0 Å². The molecule has 2 aliphatic rings. The molecule has 0 bridgehead atoms. The van der Waals surface area contributed by atoms with Crippen molar-refractivity contribution < 1.29 is 0 Å². The summed E-state index contributed by atoms with van der Waals surface area (Å²) in [6.45, 7) is 27.9. The van der Waals surface area contributed by atoms with Crippen molar-refractivity contribution in [2.24, 2.45) is 0 Å². The number of benzene rings is 7. The van der Waals surface area contributed by atoms with Crippen molar-refractivity contribution in [3.05, 3.63) is 180 Å². The Bertz CT molecular complexity index is 2610. The van der Waals surface area contributed by atoms with Gasteiger partial charge >= 0.3 is 0 Å². The predicted molar refractivity (Wildman–Crippen MR) is 270 cm³/mol. The molecule has 0 aliphatic carbocycles. The lowest BCUT2D eigenvalue weighted by Gasteiger charge is -2.46. The lowest BCUT2D eigenvalue weighted by molar-refractivity contribution is 0.589. The summed E-state index contributed by atoms with van der Waals surface area (Å²) in [6.07, 6.45) is 0. The maximum atomic E-state index is 2.59. The fourth-order valence-corrected chi connectivity index (χ4v) is 9.42. The fourth-order valence-electron chi connectivity index (χ4n) is 9.42. The average Bonchev–Trinajstić information content (AvgIpc) is 3.23. The van der Waals surface area contributed by atoms with Crippen LogP contribution in [-0.4, -0.2) is 6.71 Å². The summed E-state index contributed by atoms with van der Waals surface area (Å²) >= 11 is 0. The van der Waals surface area contributed by atoms with E-state index in [4.69, 9.17) is 0 Å². The van der Waals surface area contributed by atoms with E-state index in [1.807, 2.05) is 0 Å². The van der Waals surface area contributed by atoms with Gasteiger partial charge in [-0.25, -0.2) is 0 Å². The van der Waals surface area contributed by atoms with Crippen LogP contribution in [0.4, 0.5) is 51.2 Å². The van der Waals surface area contributed by atoms with Gasteiger partial charge in [0, 0.05) is 45.5 Å². The number of hydrogen-bond acceptors (Lipinski definition) is 3. The van der Waals surface area contributed by atoms with Gasteiger partial charge < -0.3 is 14.7 Å². The van der Waals surface area contributed by atoms with Crippen LogP contribution < -0.4 is 31.1 Å². The van der Waals surface area contributed by atoms with Crippen molar-refractivity contribution in [3.63, 3.8) is 0 Å². The molecule has 0 aromatic heterocycles. The third kappa shape index (κ3) is 7.32. The van der Waals surface area contributed by atoms with E-state index in [9.17, 15) is 0 Å². The molecule has 312 valence electrons.